The minimum atomic E-state index is -0.940. The highest BCUT2D eigenvalue weighted by molar-refractivity contribution is 14.2. The summed E-state index contributed by atoms with van der Waals surface area (Å²) in [7, 11) is 1.87. The second-order valence-corrected chi connectivity index (χ2v) is 8.93. The van der Waals surface area contributed by atoms with Crippen LogP contribution in [0.2, 0.25) is 0 Å². The molecule has 1 aromatic carbocycles. The van der Waals surface area contributed by atoms with Crippen LogP contribution in [0.25, 0.3) is 0 Å². The molecule has 0 unspecified atom stereocenters. The fourth-order valence-electron chi connectivity index (χ4n) is 1.86. The first-order chi connectivity index (χ1) is 9.38. The number of benzene rings is 1. The third-order valence-electron chi connectivity index (χ3n) is 2.83. The summed E-state index contributed by atoms with van der Waals surface area (Å²) in [5, 5.41) is 17.8. The molecule has 20 heavy (non-hydrogen) atoms. The van der Waals surface area contributed by atoms with Gasteiger partial charge in [-0.1, -0.05) is 11.8 Å². The quantitative estimate of drug-likeness (QED) is 0.590. The molecule has 1 aliphatic heterocycles. The van der Waals surface area contributed by atoms with E-state index in [2.05, 4.69) is 0 Å². The summed E-state index contributed by atoms with van der Waals surface area (Å²) in [5.41, 5.74) is 1.84. The maximum absolute atomic E-state index is 11.9. The number of aliphatic carboxylic acids is 1. The molecular formula is C13H14INO4S. The van der Waals surface area contributed by atoms with E-state index in [9.17, 15) is 14.7 Å². The Labute approximate surface area is 130 Å². The van der Waals surface area contributed by atoms with Crippen LogP contribution >= 0.6 is 32.5 Å². The zero-order valence-corrected chi connectivity index (χ0v) is 13.9. The highest BCUT2D eigenvalue weighted by Gasteiger charge is 2.31. The van der Waals surface area contributed by atoms with Crippen LogP contribution in [0.3, 0.4) is 0 Å². The van der Waals surface area contributed by atoms with Crippen LogP contribution in [-0.4, -0.2) is 35.2 Å². The molecule has 7 heteroatoms. The van der Waals surface area contributed by atoms with Gasteiger partial charge in [0.2, 0.25) is 3.79 Å². The first-order valence-corrected chi connectivity index (χ1v) is 8.89. The zero-order valence-electron chi connectivity index (χ0n) is 11.0. The van der Waals surface area contributed by atoms with Gasteiger partial charge in [0.05, 0.1) is 11.7 Å². The molecule has 2 N–H and O–H groups in total. The topological polar surface area (TPSA) is 77.8 Å². The van der Waals surface area contributed by atoms with E-state index in [4.69, 9.17) is 5.11 Å². The Balaban J connectivity index is 2.18. The molecular weight excluding hydrogens is 393 g/mol. The van der Waals surface area contributed by atoms with Gasteiger partial charge in [-0.25, -0.2) is 0 Å². The number of aryl methyl sites for hydroxylation is 1. The molecule has 0 saturated carbocycles. The predicted octanol–water partition coefficient (Wildman–Crippen LogP) is 2.31. The number of rotatable bonds is 4. The number of phenols is 1. The first kappa shape index (κ1) is 15.3. The van der Waals surface area contributed by atoms with Gasteiger partial charge in [-0.2, -0.15) is 0 Å². The van der Waals surface area contributed by atoms with Crippen molar-refractivity contribution in [3.63, 3.8) is 0 Å². The number of carbonyl (C=O) groups is 2. The highest BCUT2D eigenvalue weighted by Crippen LogP contribution is 2.37. The lowest BCUT2D eigenvalue weighted by Gasteiger charge is -2.21. The largest absolute Gasteiger partial charge is 0.508 e. The molecule has 2 rings (SSSR count). The molecule has 0 aromatic heterocycles. The molecule has 0 fully saturated rings. The zero-order chi connectivity index (χ0) is 14.9. The summed E-state index contributed by atoms with van der Waals surface area (Å²) < 4.78 is 1.02. The third-order valence-corrected chi connectivity index (χ3v) is 8.14. The van der Waals surface area contributed by atoms with Gasteiger partial charge in [0.1, 0.15) is 8.71 Å². The molecule has 5 nitrogen and oxygen atoms in total. The number of phenolic OH excluding ortho intramolecular Hbond substituents is 1. The SMILES string of the molecule is Cc1cc(O)ccc1N(C)C1=IC(=O)[C@H](CC(=O)O)S1. The number of halogens is 1. The number of anilines is 1. The molecule has 1 atom stereocenters. The second-order valence-electron chi connectivity index (χ2n) is 4.39. The van der Waals surface area contributed by atoms with Gasteiger partial charge >= 0.3 is 5.97 Å². The Morgan fingerprint density at radius 1 is 1.50 bits per heavy atom. The summed E-state index contributed by atoms with van der Waals surface area (Å²) in [5.74, 6) is -0.733. The maximum atomic E-state index is 11.9. The second kappa shape index (κ2) is 6.13. The van der Waals surface area contributed by atoms with Crippen LogP contribution in [-0.2, 0) is 9.59 Å². The van der Waals surface area contributed by atoms with E-state index in [1.807, 2.05) is 18.9 Å². The number of carbonyl (C=O) groups excluding carboxylic acids is 1. The number of hydrogen-bond acceptors (Lipinski definition) is 5. The summed E-state index contributed by atoms with van der Waals surface area (Å²) in [4.78, 5) is 24.5. The van der Waals surface area contributed by atoms with Gasteiger partial charge in [-0.3, -0.25) is 9.59 Å². The van der Waals surface area contributed by atoms with E-state index in [1.54, 1.807) is 18.2 Å². The van der Waals surface area contributed by atoms with Gasteiger partial charge in [0.25, 0.3) is 0 Å². The van der Waals surface area contributed by atoms with Crippen molar-refractivity contribution < 1.29 is 19.8 Å². The van der Waals surface area contributed by atoms with E-state index in [-0.39, 0.29) is 16.0 Å². The lowest BCUT2D eigenvalue weighted by molar-refractivity contribution is -0.137. The smallest absolute Gasteiger partial charge is 0.304 e. The summed E-state index contributed by atoms with van der Waals surface area (Å²) in [6.45, 7) is 1.89. The van der Waals surface area contributed by atoms with Crippen molar-refractivity contribution in [2.45, 2.75) is 18.6 Å². The normalized spacial score (nSPS) is 18.4. The Morgan fingerprint density at radius 2 is 2.20 bits per heavy atom. The standard InChI is InChI=1S/C13H14INO4S/c1-7-5-8(16)3-4-9(7)15(2)13-14-12(19)10(20-13)6-11(17)18/h3-5,10,16H,6H2,1-2H3,(H,17,18)/t10-/m0/s1. The highest BCUT2D eigenvalue weighted by atomic mass is 127. The van der Waals surface area contributed by atoms with Gasteiger partial charge in [0, 0.05) is 12.7 Å². The monoisotopic (exact) mass is 407 g/mol. The summed E-state index contributed by atoms with van der Waals surface area (Å²) >= 11 is 0.557. The van der Waals surface area contributed by atoms with Gasteiger partial charge in [0.15, 0.2) is 0 Å². The van der Waals surface area contributed by atoms with Crippen LogP contribution in [0.5, 0.6) is 5.75 Å². The molecule has 108 valence electrons. The van der Waals surface area contributed by atoms with Crippen molar-refractivity contribution in [1.29, 1.82) is 0 Å². The van der Waals surface area contributed by atoms with Crippen molar-refractivity contribution >= 4 is 50.9 Å². The molecule has 0 bridgehead atoms. The van der Waals surface area contributed by atoms with Crippen LogP contribution in [0.15, 0.2) is 18.2 Å². The molecule has 0 spiro atoms. The lowest BCUT2D eigenvalue weighted by Crippen LogP contribution is -2.23. The molecule has 1 aromatic rings. The number of nitrogens with zero attached hydrogens (tertiary/aromatic N) is 1. The molecule has 1 aliphatic rings. The van der Waals surface area contributed by atoms with Crippen molar-refractivity contribution in [2.24, 2.45) is 0 Å². The van der Waals surface area contributed by atoms with Crippen LogP contribution in [0, 0.1) is 6.92 Å². The average molecular weight is 407 g/mol. The molecule has 0 amide bonds. The van der Waals surface area contributed by atoms with Gasteiger partial charge in [-0.15, -0.1) is 0 Å². The number of thioether (sulfide) groups is 1. The first-order valence-electron chi connectivity index (χ1n) is 5.86. The van der Waals surface area contributed by atoms with Crippen LogP contribution in [0.4, 0.5) is 5.69 Å². The van der Waals surface area contributed by atoms with E-state index in [0.717, 1.165) is 14.2 Å². The molecule has 0 saturated heterocycles. The Kier molecular flexibility index (Phi) is 4.69. The Hall–Kier alpha value is -1.09. The Bertz CT molecular complexity index is 602. The van der Waals surface area contributed by atoms with Crippen molar-refractivity contribution in [3.8, 4) is 5.75 Å². The summed E-state index contributed by atoms with van der Waals surface area (Å²) in [6, 6.07) is 5.08. The average Bonchev–Trinajstić information content (AvgIpc) is 2.69. The maximum Gasteiger partial charge on any atom is 0.304 e. The number of carboxylic acid groups (broad SMARTS) is 1. The predicted molar refractivity (Wildman–Crippen MR) is 88.9 cm³/mol. The Morgan fingerprint density at radius 3 is 2.80 bits per heavy atom. The van der Waals surface area contributed by atoms with E-state index >= 15 is 0 Å². The van der Waals surface area contributed by atoms with Crippen molar-refractivity contribution in [2.75, 3.05) is 11.9 Å². The molecule has 0 aliphatic carbocycles. The van der Waals surface area contributed by atoms with Crippen molar-refractivity contribution in [1.82, 2.24) is 0 Å². The van der Waals surface area contributed by atoms with Crippen LogP contribution < -0.4 is 4.90 Å². The minimum absolute atomic E-state index is 0.0643. The fourth-order valence-corrected chi connectivity index (χ4v) is 6.85. The molecule has 0 radical (unpaired) electrons. The minimum Gasteiger partial charge on any atom is -0.508 e. The fraction of sp³-hybridized carbons (Fsp3) is 0.308. The molecule has 1 heterocycles. The van der Waals surface area contributed by atoms with E-state index in [1.165, 1.54) is 11.8 Å². The lowest BCUT2D eigenvalue weighted by atomic mass is 10.2. The number of hydrogen-bond donors (Lipinski definition) is 2. The van der Waals surface area contributed by atoms with Gasteiger partial charge < -0.3 is 15.1 Å². The van der Waals surface area contributed by atoms with Gasteiger partial charge in [-0.05, 0) is 51.4 Å². The number of carboxylic acids is 1. The van der Waals surface area contributed by atoms with Crippen molar-refractivity contribution in [3.05, 3.63) is 23.8 Å². The van der Waals surface area contributed by atoms with E-state index < -0.39 is 32.0 Å². The summed E-state index contributed by atoms with van der Waals surface area (Å²) in [6.07, 6.45) is -0.116. The number of aromatic hydroxyl groups is 1. The third kappa shape index (κ3) is 3.32. The van der Waals surface area contributed by atoms with Crippen LogP contribution in [0.1, 0.15) is 12.0 Å². The van der Waals surface area contributed by atoms with E-state index in [0.29, 0.717) is 0 Å².